The standard InChI is InChI=1S/C16H12Cl2F3NO4S/c1-26-15(23)9-22(27(24,25)12-5-2-10(17)3-6-12)11-4-7-14(18)13(8-11)16(19,20)21/h2-8H,9H2,1H3. The molecule has 0 saturated carbocycles. The molecule has 2 aromatic carbocycles. The predicted octanol–water partition coefficient (Wildman–Crippen LogP) is 4.38. The quantitative estimate of drug-likeness (QED) is 0.645. The molecule has 11 heteroatoms. The molecule has 0 aliphatic rings. The highest BCUT2D eigenvalue weighted by Gasteiger charge is 2.35. The lowest BCUT2D eigenvalue weighted by Gasteiger charge is -2.24. The van der Waals surface area contributed by atoms with Gasteiger partial charge in [-0.3, -0.25) is 9.10 Å². The molecule has 0 N–H and O–H groups in total. The number of halogens is 5. The largest absolute Gasteiger partial charge is 0.468 e. The number of esters is 1. The maximum atomic E-state index is 13.1. The van der Waals surface area contributed by atoms with Gasteiger partial charge in [0.25, 0.3) is 10.0 Å². The molecule has 2 aromatic rings. The van der Waals surface area contributed by atoms with Gasteiger partial charge in [-0.05, 0) is 42.5 Å². The summed E-state index contributed by atoms with van der Waals surface area (Å²) in [6.45, 7) is -0.833. The van der Waals surface area contributed by atoms with E-state index in [2.05, 4.69) is 4.74 Å². The summed E-state index contributed by atoms with van der Waals surface area (Å²) in [4.78, 5) is 11.4. The number of nitrogens with zero attached hydrogens (tertiary/aromatic N) is 1. The van der Waals surface area contributed by atoms with Crippen LogP contribution in [0.1, 0.15) is 5.56 Å². The van der Waals surface area contributed by atoms with Crippen LogP contribution in [0.2, 0.25) is 10.0 Å². The van der Waals surface area contributed by atoms with Crippen molar-refractivity contribution in [3.63, 3.8) is 0 Å². The predicted molar refractivity (Wildman–Crippen MR) is 94.5 cm³/mol. The summed E-state index contributed by atoms with van der Waals surface area (Å²) in [7, 11) is -3.36. The number of hydrogen-bond acceptors (Lipinski definition) is 4. The van der Waals surface area contributed by atoms with E-state index in [0.29, 0.717) is 10.4 Å². The molecule has 2 rings (SSSR count). The van der Waals surface area contributed by atoms with Gasteiger partial charge in [-0.2, -0.15) is 13.2 Å². The van der Waals surface area contributed by atoms with E-state index in [9.17, 15) is 26.4 Å². The smallest absolute Gasteiger partial charge is 0.417 e. The third-order valence-corrected chi connectivity index (χ3v) is 5.81. The molecular formula is C16H12Cl2F3NO4S. The summed E-state index contributed by atoms with van der Waals surface area (Å²) in [5, 5.41) is -0.340. The molecule has 0 aliphatic carbocycles. The van der Waals surface area contributed by atoms with E-state index < -0.39 is 45.0 Å². The van der Waals surface area contributed by atoms with Crippen molar-refractivity contribution in [1.82, 2.24) is 0 Å². The lowest BCUT2D eigenvalue weighted by molar-refractivity contribution is -0.138. The van der Waals surface area contributed by atoms with Gasteiger partial charge < -0.3 is 4.74 Å². The van der Waals surface area contributed by atoms with Crippen molar-refractivity contribution in [2.75, 3.05) is 18.0 Å². The topological polar surface area (TPSA) is 63.7 Å². The fourth-order valence-electron chi connectivity index (χ4n) is 2.12. The van der Waals surface area contributed by atoms with Crippen LogP contribution in [0.5, 0.6) is 0 Å². The Kier molecular flexibility index (Phi) is 6.28. The summed E-state index contributed by atoms with van der Waals surface area (Å²) in [6.07, 6.45) is -4.81. The number of ether oxygens (including phenoxy) is 1. The van der Waals surface area contributed by atoms with E-state index in [0.717, 1.165) is 19.2 Å². The lowest BCUT2D eigenvalue weighted by atomic mass is 10.2. The molecule has 0 saturated heterocycles. The highest BCUT2D eigenvalue weighted by atomic mass is 35.5. The molecule has 0 atom stereocenters. The SMILES string of the molecule is COC(=O)CN(c1ccc(Cl)c(C(F)(F)F)c1)S(=O)(=O)c1ccc(Cl)cc1. The van der Waals surface area contributed by atoms with Crippen molar-refractivity contribution in [3.8, 4) is 0 Å². The summed E-state index contributed by atoms with van der Waals surface area (Å²) >= 11 is 11.3. The van der Waals surface area contributed by atoms with Gasteiger partial charge in [0.15, 0.2) is 0 Å². The number of anilines is 1. The van der Waals surface area contributed by atoms with Crippen molar-refractivity contribution in [3.05, 3.63) is 58.1 Å². The number of alkyl halides is 3. The normalized spacial score (nSPS) is 11.9. The first-order valence-corrected chi connectivity index (χ1v) is 9.38. The van der Waals surface area contributed by atoms with Gasteiger partial charge in [-0.25, -0.2) is 8.42 Å². The van der Waals surface area contributed by atoms with Crippen LogP contribution >= 0.6 is 23.2 Å². The Balaban J connectivity index is 2.62. The van der Waals surface area contributed by atoms with Crippen LogP contribution < -0.4 is 4.31 Å². The number of rotatable bonds is 5. The highest BCUT2D eigenvalue weighted by molar-refractivity contribution is 7.92. The second-order valence-electron chi connectivity index (χ2n) is 5.20. The van der Waals surface area contributed by atoms with Crippen LogP contribution in [0.4, 0.5) is 18.9 Å². The Labute approximate surface area is 163 Å². The molecule has 0 radical (unpaired) electrons. The van der Waals surface area contributed by atoms with Crippen LogP contribution in [0, 0.1) is 0 Å². The van der Waals surface area contributed by atoms with Crippen molar-refractivity contribution in [2.24, 2.45) is 0 Å². The van der Waals surface area contributed by atoms with E-state index >= 15 is 0 Å². The molecule has 0 aliphatic heterocycles. The Morgan fingerprint density at radius 1 is 1.11 bits per heavy atom. The average Bonchev–Trinajstić information content (AvgIpc) is 2.59. The Morgan fingerprint density at radius 3 is 2.22 bits per heavy atom. The van der Waals surface area contributed by atoms with Crippen molar-refractivity contribution < 1.29 is 31.1 Å². The molecule has 0 aromatic heterocycles. The Bertz CT molecular complexity index is 947. The minimum absolute atomic E-state index is 0.263. The van der Waals surface area contributed by atoms with Crippen LogP contribution in [0.25, 0.3) is 0 Å². The van der Waals surface area contributed by atoms with Gasteiger partial charge in [-0.15, -0.1) is 0 Å². The van der Waals surface area contributed by atoms with Crippen LogP contribution in [0.15, 0.2) is 47.4 Å². The zero-order valence-electron chi connectivity index (χ0n) is 13.6. The third kappa shape index (κ3) is 4.85. The Hall–Kier alpha value is -1.97. The summed E-state index contributed by atoms with van der Waals surface area (Å²) in [5.74, 6) is -0.962. The molecule has 0 fully saturated rings. The van der Waals surface area contributed by atoms with Crippen molar-refractivity contribution in [1.29, 1.82) is 0 Å². The lowest BCUT2D eigenvalue weighted by Crippen LogP contribution is -2.36. The van der Waals surface area contributed by atoms with Gasteiger partial charge in [-0.1, -0.05) is 23.2 Å². The van der Waals surface area contributed by atoms with Crippen LogP contribution in [-0.4, -0.2) is 28.0 Å². The van der Waals surface area contributed by atoms with E-state index in [4.69, 9.17) is 23.2 Å². The molecule has 27 heavy (non-hydrogen) atoms. The zero-order valence-corrected chi connectivity index (χ0v) is 16.0. The number of hydrogen-bond donors (Lipinski definition) is 0. The van der Waals surface area contributed by atoms with Crippen LogP contribution in [0.3, 0.4) is 0 Å². The minimum Gasteiger partial charge on any atom is -0.468 e. The number of carbonyl (C=O) groups excluding carboxylic acids is 1. The Morgan fingerprint density at radius 2 is 1.70 bits per heavy atom. The minimum atomic E-state index is -4.81. The van der Waals surface area contributed by atoms with Gasteiger partial charge in [0.1, 0.15) is 6.54 Å². The maximum Gasteiger partial charge on any atom is 0.417 e. The fourth-order valence-corrected chi connectivity index (χ4v) is 3.87. The molecule has 146 valence electrons. The fraction of sp³-hybridized carbons (Fsp3) is 0.188. The maximum absolute atomic E-state index is 13.1. The van der Waals surface area contributed by atoms with Crippen molar-refractivity contribution >= 4 is 44.9 Å². The first-order chi connectivity index (χ1) is 12.5. The number of carbonyl (C=O) groups is 1. The highest BCUT2D eigenvalue weighted by Crippen LogP contribution is 2.38. The summed E-state index contributed by atoms with van der Waals surface area (Å²) in [5.41, 5.74) is -1.63. The number of benzene rings is 2. The van der Waals surface area contributed by atoms with Gasteiger partial charge >= 0.3 is 12.1 Å². The van der Waals surface area contributed by atoms with Crippen molar-refractivity contribution in [2.45, 2.75) is 11.1 Å². The first-order valence-electron chi connectivity index (χ1n) is 7.18. The molecule has 0 bridgehead atoms. The number of sulfonamides is 1. The molecule has 0 amide bonds. The van der Waals surface area contributed by atoms with E-state index in [-0.39, 0.29) is 9.92 Å². The summed E-state index contributed by atoms with van der Waals surface area (Å²) < 4.78 is 70.1. The average molecular weight is 442 g/mol. The van der Waals surface area contributed by atoms with Gasteiger partial charge in [0.05, 0.1) is 28.3 Å². The van der Waals surface area contributed by atoms with Gasteiger partial charge in [0.2, 0.25) is 0 Å². The molecule has 0 unspecified atom stereocenters. The first kappa shape index (κ1) is 21.3. The number of methoxy groups -OCH3 is 1. The molecular weight excluding hydrogens is 430 g/mol. The summed E-state index contributed by atoms with van der Waals surface area (Å²) in [6, 6.07) is 7.46. The second kappa shape index (κ2) is 7.95. The molecule has 0 spiro atoms. The zero-order chi connectivity index (χ0) is 20.4. The van der Waals surface area contributed by atoms with E-state index in [1.54, 1.807) is 0 Å². The second-order valence-corrected chi connectivity index (χ2v) is 7.91. The molecule has 5 nitrogen and oxygen atoms in total. The van der Waals surface area contributed by atoms with E-state index in [1.807, 2.05) is 0 Å². The molecule has 0 heterocycles. The van der Waals surface area contributed by atoms with E-state index in [1.165, 1.54) is 24.3 Å². The van der Waals surface area contributed by atoms with Gasteiger partial charge in [0, 0.05) is 5.02 Å². The van der Waals surface area contributed by atoms with Crippen LogP contribution in [-0.2, 0) is 25.7 Å². The third-order valence-electron chi connectivity index (χ3n) is 3.45. The monoisotopic (exact) mass is 441 g/mol.